The van der Waals surface area contributed by atoms with Gasteiger partial charge in [0.2, 0.25) is 10.0 Å². The van der Waals surface area contributed by atoms with Crippen LogP contribution in [0.3, 0.4) is 0 Å². The maximum Gasteiger partial charge on any atom is 0.269 e. The third-order valence-corrected chi connectivity index (χ3v) is 4.60. The number of nitrogens with one attached hydrogen (secondary N) is 3. The number of sulfonamides is 1. The molecule has 140 valence electrons. The zero-order valence-corrected chi connectivity index (χ0v) is 15.6. The van der Waals surface area contributed by atoms with Crippen molar-refractivity contribution in [2.45, 2.75) is 11.8 Å². The number of likely N-dealkylation sites (N-methyl/N-ethyl adjacent to an activating group) is 1. The van der Waals surface area contributed by atoms with Gasteiger partial charge in [-0.15, -0.1) is 0 Å². The number of methoxy groups -OCH3 is 1. The molecule has 25 heavy (non-hydrogen) atoms. The number of benzene rings is 1. The number of amides is 2. The van der Waals surface area contributed by atoms with Crippen LogP contribution in [0, 0.1) is 6.92 Å². The highest BCUT2D eigenvalue weighted by Crippen LogP contribution is 2.15. The zero-order chi connectivity index (χ0) is 19.0. The van der Waals surface area contributed by atoms with Crippen molar-refractivity contribution < 1.29 is 22.7 Å². The Hall–Kier alpha value is -2.01. The van der Waals surface area contributed by atoms with E-state index in [-0.39, 0.29) is 36.1 Å². The molecule has 0 aliphatic carbocycles. The van der Waals surface area contributed by atoms with Crippen molar-refractivity contribution in [3.8, 4) is 0 Å². The predicted molar refractivity (Wildman–Crippen MR) is 92.4 cm³/mol. The number of hydrogen-bond acceptors (Lipinski definition) is 6. The maximum absolute atomic E-state index is 12.2. The summed E-state index contributed by atoms with van der Waals surface area (Å²) in [6.07, 6.45) is 0. The molecule has 0 aromatic heterocycles. The van der Waals surface area contributed by atoms with Gasteiger partial charge in [-0.2, -0.15) is 0 Å². The average Bonchev–Trinajstić information content (AvgIpc) is 2.52. The molecule has 0 saturated heterocycles. The van der Waals surface area contributed by atoms with Crippen LogP contribution < -0.4 is 15.6 Å². The molecule has 0 aliphatic heterocycles. The summed E-state index contributed by atoms with van der Waals surface area (Å²) in [4.78, 5) is 25.4. The quantitative estimate of drug-likeness (QED) is 0.408. The van der Waals surface area contributed by atoms with Crippen molar-refractivity contribution in [1.29, 1.82) is 0 Å². The van der Waals surface area contributed by atoms with E-state index in [9.17, 15) is 18.0 Å². The Kier molecular flexibility index (Phi) is 7.97. The van der Waals surface area contributed by atoms with Crippen LogP contribution in [-0.4, -0.2) is 66.0 Å². The second-order valence-corrected chi connectivity index (χ2v) is 7.37. The monoisotopic (exact) mass is 372 g/mol. The van der Waals surface area contributed by atoms with Gasteiger partial charge in [0.25, 0.3) is 11.8 Å². The molecule has 0 heterocycles. The van der Waals surface area contributed by atoms with Crippen molar-refractivity contribution in [3.05, 3.63) is 29.3 Å². The fraction of sp³-hybridized carbons (Fsp3) is 0.467. The third-order valence-electron chi connectivity index (χ3n) is 3.14. The Morgan fingerprint density at radius 1 is 1.20 bits per heavy atom. The number of hydrazine groups is 1. The van der Waals surface area contributed by atoms with E-state index in [0.717, 1.165) is 0 Å². The van der Waals surface area contributed by atoms with Crippen LogP contribution in [0.5, 0.6) is 0 Å². The van der Waals surface area contributed by atoms with E-state index in [0.29, 0.717) is 5.56 Å². The van der Waals surface area contributed by atoms with E-state index in [1.165, 1.54) is 25.3 Å². The van der Waals surface area contributed by atoms with Gasteiger partial charge >= 0.3 is 0 Å². The van der Waals surface area contributed by atoms with E-state index in [4.69, 9.17) is 4.74 Å². The Balaban J connectivity index is 2.86. The summed E-state index contributed by atoms with van der Waals surface area (Å²) in [7, 11) is 1.15. The molecule has 1 rings (SSSR count). The number of carbonyl (C=O) groups is 2. The summed E-state index contributed by atoms with van der Waals surface area (Å²) in [5.41, 5.74) is 5.28. The van der Waals surface area contributed by atoms with Gasteiger partial charge in [0.1, 0.15) is 0 Å². The SMILES string of the molecule is COCCNS(=O)(=O)c1ccc(C)c(C(=O)NNC(=O)CN(C)C)c1. The molecule has 10 heteroatoms. The number of aryl methyl sites for hydroxylation is 1. The average molecular weight is 372 g/mol. The Morgan fingerprint density at radius 3 is 2.48 bits per heavy atom. The molecule has 0 atom stereocenters. The highest BCUT2D eigenvalue weighted by atomic mass is 32.2. The lowest BCUT2D eigenvalue weighted by Gasteiger charge is -2.13. The molecular weight excluding hydrogens is 348 g/mol. The molecule has 2 amide bonds. The molecule has 0 unspecified atom stereocenters. The van der Waals surface area contributed by atoms with Gasteiger partial charge in [0.05, 0.1) is 18.0 Å². The van der Waals surface area contributed by atoms with Gasteiger partial charge in [-0.3, -0.25) is 20.4 Å². The number of nitrogens with zero attached hydrogens (tertiary/aromatic N) is 1. The van der Waals surface area contributed by atoms with Gasteiger partial charge in [-0.05, 0) is 38.7 Å². The van der Waals surface area contributed by atoms with Crippen molar-refractivity contribution in [1.82, 2.24) is 20.5 Å². The van der Waals surface area contributed by atoms with E-state index in [2.05, 4.69) is 15.6 Å². The molecule has 0 fully saturated rings. The van der Waals surface area contributed by atoms with Crippen LogP contribution in [-0.2, 0) is 19.6 Å². The molecule has 0 radical (unpaired) electrons. The van der Waals surface area contributed by atoms with Gasteiger partial charge in [-0.25, -0.2) is 13.1 Å². The summed E-state index contributed by atoms with van der Waals surface area (Å²) >= 11 is 0. The molecule has 0 spiro atoms. The fourth-order valence-corrected chi connectivity index (χ4v) is 2.93. The fourth-order valence-electron chi connectivity index (χ4n) is 1.89. The van der Waals surface area contributed by atoms with E-state index >= 15 is 0 Å². The lowest BCUT2D eigenvalue weighted by atomic mass is 10.1. The minimum absolute atomic E-state index is 0.0426. The molecule has 3 N–H and O–H groups in total. The molecule has 1 aromatic rings. The van der Waals surface area contributed by atoms with Gasteiger partial charge in [-0.1, -0.05) is 6.07 Å². The first-order valence-electron chi connectivity index (χ1n) is 7.50. The van der Waals surface area contributed by atoms with Crippen molar-refractivity contribution in [3.63, 3.8) is 0 Å². The second kappa shape index (κ2) is 9.47. The molecule has 1 aromatic carbocycles. The normalized spacial score (nSPS) is 11.4. The number of rotatable bonds is 8. The van der Waals surface area contributed by atoms with E-state index in [1.807, 2.05) is 0 Å². The molecule has 0 bridgehead atoms. The summed E-state index contributed by atoms with van der Waals surface area (Å²) in [6.45, 7) is 2.13. The van der Waals surface area contributed by atoms with Crippen LogP contribution in [0.15, 0.2) is 23.1 Å². The molecule has 9 nitrogen and oxygen atoms in total. The standard InChI is InChI=1S/C15H24N4O5S/c1-11-5-6-12(25(22,23)16-7-8-24-4)9-13(11)15(21)18-17-14(20)10-19(2)3/h5-6,9,16H,7-8,10H2,1-4H3,(H,17,20)(H,18,21). The predicted octanol–water partition coefficient (Wildman–Crippen LogP) is -0.758. The van der Waals surface area contributed by atoms with Crippen LogP contribution in [0.4, 0.5) is 0 Å². The lowest BCUT2D eigenvalue weighted by molar-refractivity contribution is -0.122. The van der Waals surface area contributed by atoms with Crippen LogP contribution in [0.1, 0.15) is 15.9 Å². The summed E-state index contributed by atoms with van der Waals surface area (Å²) in [6, 6.07) is 4.20. The Morgan fingerprint density at radius 2 is 1.88 bits per heavy atom. The lowest BCUT2D eigenvalue weighted by Crippen LogP contribution is -2.45. The van der Waals surface area contributed by atoms with Crippen molar-refractivity contribution in [2.24, 2.45) is 0 Å². The van der Waals surface area contributed by atoms with E-state index < -0.39 is 15.9 Å². The Bertz CT molecular complexity index is 719. The van der Waals surface area contributed by atoms with Gasteiger partial charge in [0, 0.05) is 19.2 Å². The smallest absolute Gasteiger partial charge is 0.269 e. The molecular formula is C15H24N4O5S. The van der Waals surface area contributed by atoms with E-state index in [1.54, 1.807) is 25.9 Å². The highest BCUT2D eigenvalue weighted by molar-refractivity contribution is 7.89. The maximum atomic E-state index is 12.2. The van der Waals surface area contributed by atoms with Gasteiger partial charge < -0.3 is 9.64 Å². The highest BCUT2D eigenvalue weighted by Gasteiger charge is 2.18. The number of ether oxygens (including phenoxy) is 1. The summed E-state index contributed by atoms with van der Waals surface area (Å²) in [5, 5.41) is 0. The van der Waals surface area contributed by atoms with Crippen LogP contribution in [0.2, 0.25) is 0 Å². The summed E-state index contributed by atoms with van der Waals surface area (Å²) < 4.78 is 31.6. The minimum atomic E-state index is -3.76. The zero-order valence-electron chi connectivity index (χ0n) is 14.8. The van der Waals surface area contributed by atoms with Crippen LogP contribution in [0.25, 0.3) is 0 Å². The third kappa shape index (κ3) is 6.78. The topological polar surface area (TPSA) is 117 Å². The molecule has 0 aliphatic rings. The van der Waals surface area contributed by atoms with Crippen molar-refractivity contribution in [2.75, 3.05) is 40.9 Å². The minimum Gasteiger partial charge on any atom is -0.383 e. The summed E-state index contributed by atoms with van der Waals surface area (Å²) in [5.74, 6) is -0.987. The molecule has 0 saturated carbocycles. The van der Waals surface area contributed by atoms with Crippen LogP contribution >= 0.6 is 0 Å². The first-order chi connectivity index (χ1) is 11.7. The first-order valence-corrected chi connectivity index (χ1v) is 8.99. The van der Waals surface area contributed by atoms with Crippen molar-refractivity contribution >= 4 is 21.8 Å². The largest absolute Gasteiger partial charge is 0.383 e. The van der Waals surface area contributed by atoms with Gasteiger partial charge in [0.15, 0.2) is 0 Å². The number of carbonyl (C=O) groups excluding carboxylic acids is 2. The first kappa shape index (κ1) is 21.0. The second-order valence-electron chi connectivity index (χ2n) is 5.61. The number of hydrogen-bond donors (Lipinski definition) is 3. The Labute approximate surface area is 147 Å².